The van der Waals surface area contributed by atoms with Crippen LogP contribution in [0.4, 0.5) is 24.9 Å². The van der Waals surface area contributed by atoms with Crippen LogP contribution in [0.25, 0.3) is 0 Å². The average molecular weight is 375 g/mol. The summed E-state index contributed by atoms with van der Waals surface area (Å²) in [5.74, 6) is 0.612. The fourth-order valence-corrected chi connectivity index (χ4v) is 2.91. The Labute approximate surface area is 152 Å². The van der Waals surface area contributed by atoms with Gasteiger partial charge in [0.25, 0.3) is 0 Å². The Balaban J connectivity index is 2.07. The Hall–Kier alpha value is -1.61. The van der Waals surface area contributed by atoms with Gasteiger partial charge in [-0.25, -0.2) is 4.98 Å². The molecule has 0 saturated carbocycles. The molecule has 1 fully saturated rings. The van der Waals surface area contributed by atoms with Crippen LogP contribution in [0.2, 0.25) is 0 Å². The number of anilines is 2. The third-order valence-corrected chi connectivity index (χ3v) is 4.65. The first-order valence-corrected chi connectivity index (χ1v) is 9.08. The van der Waals surface area contributed by atoms with Crippen LogP contribution >= 0.6 is 0 Å². The first-order valence-electron chi connectivity index (χ1n) is 9.08. The number of aliphatic hydroxyl groups is 1. The molecule has 2 heterocycles. The van der Waals surface area contributed by atoms with Crippen molar-refractivity contribution >= 4 is 11.8 Å². The number of hydrogen-bond acceptors (Lipinski definition) is 6. The van der Waals surface area contributed by atoms with E-state index in [4.69, 9.17) is 0 Å². The third kappa shape index (κ3) is 6.28. The summed E-state index contributed by atoms with van der Waals surface area (Å²) >= 11 is 0. The summed E-state index contributed by atoms with van der Waals surface area (Å²) < 4.78 is 39.4. The van der Waals surface area contributed by atoms with Crippen LogP contribution < -0.4 is 16.0 Å². The predicted molar refractivity (Wildman–Crippen MR) is 95.1 cm³/mol. The van der Waals surface area contributed by atoms with Gasteiger partial charge in [0.05, 0.1) is 12.6 Å². The van der Waals surface area contributed by atoms with Gasteiger partial charge in [0.15, 0.2) is 5.69 Å². The first kappa shape index (κ1) is 20.7. The Morgan fingerprint density at radius 3 is 2.54 bits per heavy atom. The van der Waals surface area contributed by atoms with E-state index in [-0.39, 0.29) is 24.3 Å². The molecule has 0 unspecified atom stereocenters. The van der Waals surface area contributed by atoms with Gasteiger partial charge in [0, 0.05) is 12.6 Å². The minimum atomic E-state index is -4.56. The summed E-state index contributed by atoms with van der Waals surface area (Å²) in [6.45, 7) is 6.05. The fourth-order valence-electron chi connectivity index (χ4n) is 2.91. The van der Waals surface area contributed by atoms with E-state index in [0.29, 0.717) is 12.5 Å². The summed E-state index contributed by atoms with van der Waals surface area (Å²) in [6.07, 6.45) is -1.50. The van der Waals surface area contributed by atoms with Crippen molar-refractivity contribution in [1.29, 1.82) is 0 Å². The number of nitrogens with zero attached hydrogens (tertiary/aromatic N) is 2. The van der Waals surface area contributed by atoms with E-state index in [0.717, 1.165) is 38.4 Å². The second kappa shape index (κ2) is 9.36. The predicted octanol–water partition coefficient (Wildman–Crippen LogP) is 2.73. The highest BCUT2D eigenvalue weighted by atomic mass is 19.4. The molecule has 148 valence electrons. The summed E-state index contributed by atoms with van der Waals surface area (Å²) in [5.41, 5.74) is -1.00. The standard InChI is InChI=1S/C17H28F3N5O/c1-11(2)13(10-26)23-16-24-14(17(18,19)20)9-15(25-16)22-8-5-12-3-6-21-7-4-12/h9,11-13,21,26H,3-8,10H2,1-2H3,(H2,22,23,24,25)/t13-/m0/s1. The van der Waals surface area contributed by atoms with Crippen molar-refractivity contribution in [2.24, 2.45) is 11.8 Å². The van der Waals surface area contributed by atoms with E-state index in [1.807, 2.05) is 13.8 Å². The number of halogens is 3. The van der Waals surface area contributed by atoms with Crippen molar-refractivity contribution in [2.45, 2.75) is 45.3 Å². The molecule has 1 atom stereocenters. The normalized spacial score (nSPS) is 17.3. The van der Waals surface area contributed by atoms with E-state index >= 15 is 0 Å². The van der Waals surface area contributed by atoms with E-state index in [9.17, 15) is 18.3 Å². The summed E-state index contributed by atoms with van der Waals surface area (Å²) in [7, 11) is 0. The maximum Gasteiger partial charge on any atom is 0.433 e. The summed E-state index contributed by atoms with van der Waals surface area (Å²) in [4.78, 5) is 7.71. The maximum atomic E-state index is 13.1. The lowest BCUT2D eigenvalue weighted by molar-refractivity contribution is -0.141. The number of piperidine rings is 1. The second-order valence-electron chi connectivity index (χ2n) is 7.05. The Morgan fingerprint density at radius 2 is 1.96 bits per heavy atom. The van der Waals surface area contributed by atoms with Gasteiger partial charge < -0.3 is 21.1 Å². The van der Waals surface area contributed by atoms with Crippen molar-refractivity contribution < 1.29 is 18.3 Å². The van der Waals surface area contributed by atoms with Gasteiger partial charge in [-0.15, -0.1) is 0 Å². The van der Waals surface area contributed by atoms with Gasteiger partial charge in [-0.2, -0.15) is 18.2 Å². The maximum absolute atomic E-state index is 13.1. The van der Waals surface area contributed by atoms with E-state index in [1.54, 1.807) is 0 Å². The quantitative estimate of drug-likeness (QED) is 0.559. The van der Waals surface area contributed by atoms with Crippen LogP contribution in [0.5, 0.6) is 0 Å². The largest absolute Gasteiger partial charge is 0.433 e. The molecule has 0 radical (unpaired) electrons. The van der Waals surface area contributed by atoms with Gasteiger partial charge in [-0.05, 0) is 44.2 Å². The SMILES string of the molecule is CC(C)[C@H](CO)Nc1nc(NCCC2CCNCC2)cc(C(F)(F)F)n1. The molecule has 26 heavy (non-hydrogen) atoms. The van der Waals surface area contributed by atoms with Crippen molar-refractivity contribution in [3.05, 3.63) is 11.8 Å². The molecule has 2 rings (SSSR count). The summed E-state index contributed by atoms with van der Waals surface area (Å²) in [5, 5.41) is 18.5. The number of hydrogen-bond donors (Lipinski definition) is 4. The molecule has 9 heteroatoms. The van der Waals surface area contributed by atoms with Crippen LogP contribution in [0.3, 0.4) is 0 Å². The lowest BCUT2D eigenvalue weighted by Gasteiger charge is -2.23. The Kier molecular flexibility index (Phi) is 7.45. The average Bonchev–Trinajstić information content (AvgIpc) is 2.59. The Bertz CT molecular complexity index is 562. The number of nitrogens with one attached hydrogen (secondary N) is 3. The lowest BCUT2D eigenvalue weighted by Crippen LogP contribution is -2.31. The minimum Gasteiger partial charge on any atom is -0.394 e. The number of aromatic nitrogens is 2. The first-order chi connectivity index (χ1) is 12.3. The molecule has 0 bridgehead atoms. The second-order valence-corrected chi connectivity index (χ2v) is 7.05. The molecule has 1 aliphatic heterocycles. The monoisotopic (exact) mass is 375 g/mol. The highest BCUT2D eigenvalue weighted by Gasteiger charge is 2.34. The lowest BCUT2D eigenvalue weighted by atomic mass is 9.95. The molecule has 1 aromatic heterocycles. The van der Waals surface area contributed by atoms with E-state index < -0.39 is 17.9 Å². The molecule has 1 aliphatic rings. The van der Waals surface area contributed by atoms with Crippen LogP contribution in [-0.4, -0.2) is 47.4 Å². The molecule has 0 spiro atoms. The zero-order valence-corrected chi connectivity index (χ0v) is 15.2. The van der Waals surface area contributed by atoms with Gasteiger partial charge in [-0.3, -0.25) is 0 Å². The Morgan fingerprint density at radius 1 is 1.27 bits per heavy atom. The number of rotatable bonds is 8. The molecule has 1 saturated heterocycles. The smallest absolute Gasteiger partial charge is 0.394 e. The van der Waals surface area contributed by atoms with E-state index in [1.165, 1.54) is 0 Å². The van der Waals surface area contributed by atoms with Crippen molar-refractivity contribution in [2.75, 3.05) is 36.9 Å². The highest BCUT2D eigenvalue weighted by Crippen LogP contribution is 2.30. The van der Waals surface area contributed by atoms with Crippen LogP contribution in [0.1, 0.15) is 38.8 Å². The fraction of sp³-hybridized carbons (Fsp3) is 0.765. The molecule has 0 aliphatic carbocycles. The van der Waals surface area contributed by atoms with Crippen LogP contribution in [-0.2, 0) is 6.18 Å². The van der Waals surface area contributed by atoms with Crippen LogP contribution in [0.15, 0.2) is 6.07 Å². The van der Waals surface area contributed by atoms with Gasteiger partial charge >= 0.3 is 6.18 Å². The topological polar surface area (TPSA) is 82.1 Å². The number of aliphatic hydroxyl groups excluding tert-OH is 1. The molecule has 6 nitrogen and oxygen atoms in total. The highest BCUT2D eigenvalue weighted by molar-refractivity contribution is 5.43. The number of alkyl halides is 3. The van der Waals surface area contributed by atoms with Gasteiger partial charge in [0.1, 0.15) is 5.82 Å². The van der Waals surface area contributed by atoms with Gasteiger partial charge in [0.2, 0.25) is 5.95 Å². The molecular weight excluding hydrogens is 347 g/mol. The zero-order valence-electron chi connectivity index (χ0n) is 15.2. The molecule has 4 N–H and O–H groups in total. The molecular formula is C17H28F3N5O. The third-order valence-electron chi connectivity index (χ3n) is 4.65. The van der Waals surface area contributed by atoms with Crippen molar-refractivity contribution in [3.63, 3.8) is 0 Å². The minimum absolute atomic E-state index is 0.0227. The van der Waals surface area contributed by atoms with E-state index in [2.05, 4.69) is 25.9 Å². The van der Waals surface area contributed by atoms with Gasteiger partial charge in [-0.1, -0.05) is 13.8 Å². The zero-order chi connectivity index (χ0) is 19.2. The van der Waals surface area contributed by atoms with Crippen molar-refractivity contribution in [1.82, 2.24) is 15.3 Å². The van der Waals surface area contributed by atoms with Crippen LogP contribution in [0, 0.1) is 11.8 Å². The molecule has 1 aromatic rings. The van der Waals surface area contributed by atoms with Crippen molar-refractivity contribution in [3.8, 4) is 0 Å². The molecule has 0 amide bonds. The molecule has 0 aromatic carbocycles. The summed E-state index contributed by atoms with van der Waals surface area (Å²) in [6, 6.07) is 0.512.